The molecule has 1 aromatic heterocycles. The lowest BCUT2D eigenvalue weighted by atomic mass is 10.0. The monoisotopic (exact) mass is 503 g/mol. The minimum atomic E-state index is -0.584. The van der Waals surface area contributed by atoms with Gasteiger partial charge in [0.05, 0.1) is 18.8 Å². The number of carbonyl (C=O) groups excluding carboxylic acids is 2. The Morgan fingerprint density at radius 2 is 1.61 bits per heavy atom. The van der Waals surface area contributed by atoms with Crippen molar-refractivity contribution >= 4 is 23.5 Å². The first-order chi connectivity index (χ1) is 17.4. The van der Waals surface area contributed by atoms with Gasteiger partial charge in [-0.2, -0.15) is 0 Å². The van der Waals surface area contributed by atoms with Crippen molar-refractivity contribution in [2.75, 3.05) is 14.1 Å². The summed E-state index contributed by atoms with van der Waals surface area (Å²) in [7, 11) is 3.82. The van der Waals surface area contributed by atoms with Gasteiger partial charge in [-0.1, -0.05) is 72.3 Å². The van der Waals surface area contributed by atoms with Crippen LogP contribution < -0.4 is 5.32 Å². The maximum atomic E-state index is 13.4. The van der Waals surface area contributed by atoms with Gasteiger partial charge in [0.25, 0.3) is 0 Å². The van der Waals surface area contributed by atoms with Crippen molar-refractivity contribution in [1.29, 1.82) is 0 Å². The van der Waals surface area contributed by atoms with Gasteiger partial charge in [-0.05, 0) is 37.9 Å². The number of hydrogen-bond acceptors (Lipinski definition) is 6. The van der Waals surface area contributed by atoms with Crippen molar-refractivity contribution in [2.24, 2.45) is 0 Å². The Labute approximate surface area is 214 Å². The van der Waals surface area contributed by atoms with Gasteiger partial charge in [-0.25, -0.2) is 4.79 Å². The van der Waals surface area contributed by atoms with Crippen LogP contribution in [0.25, 0.3) is 5.69 Å². The van der Waals surface area contributed by atoms with Gasteiger partial charge in [0.1, 0.15) is 6.61 Å². The van der Waals surface area contributed by atoms with Crippen LogP contribution in [-0.4, -0.2) is 45.6 Å². The number of amides is 1. The molecule has 0 aliphatic rings. The highest BCUT2D eigenvalue weighted by atomic mass is 35.5. The first-order valence-corrected chi connectivity index (χ1v) is 11.7. The topological polar surface area (TPSA) is 89.3 Å². The molecule has 0 aliphatic carbocycles. The fourth-order valence-corrected chi connectivity index (χ4v) is 3.86. The Kier molecular flexibility index (Phi) is 8.10. The van der Waals surface area contributed by atoms with Gasteiger partial charge in [0, 0.05) is 16.1 Å². The predicted molar refractivity (Wildman–Crippen MR) is 137 cm³/mol. The summed E-state index contributed by atoms with van der Waals surface area (Å²) in [5.41, 5.74) is 2.40. The third-order valence-corrected chi connectivity index (χ3v) is 5.57. The molecular formula is C27H26ClN5O3. The molecule has 1 amide bonds. The molecule has 0 radical (unpaired) electrons. The van der Waals surface area contributed by atoms with Gasteiger partial charge in [0.2, 0.25) is 0 Å². The van der Waals surface area contributed by atoms with Crippen LogP contribution in [0.4, 0.5) is 4.79 Å². The molecule has 1 N–H and O–H groups in total. The molecule has 0 spiro atoms. The van der Waals surface area contributed by atoms with Gasteiger partial charge >= 0.3 is 6.09 Å². The zero-order valence-corrected chi connectivity index (χ0v) is 20.8. The SMILES string of the molecule is CN(C)Cc1nnc(CNC(=O)OCc2ccccc2)n1-c1ccc(Cl)cc1C(=O)c1ccccc1. The Morgan fingerprint density at radius 3 is 2.31 bits per heavy atom. The van der Waals surface area contributed by atoms with E-state index in [1.165, 1.54) is 0 Å². The average molecular weight is 504 g/mol. The molecule has 3 aromatic carbocycles. The maximum Gasteiger partial charge on any atom is 0.407 e. The van der Waals surface area contributed by atoms with Crippen LogP contribution >= 0.6 is 11.6 Å². The minimum absolute atomic E-state index is 0.0512. The van der Waals surface area contributed by atoms with E-state index in [2.05, 4.69) is 15.5 Å². The Balaban J connectivity index is 1.63. The number of nitrogens with one attached hydrogen (secondary N) is 1. The molecular weight excluding hydrogens is 478 g/mol. The summed E-state index contributed by atoms with van der Waals surface area (Å²) in [6.07, 6.45) is -0.584. The summed E-state index contributed by atoms with van der Waals surface area (Å²) in [5.74, 6) is 0.880. The lowest BCUT2D eigenvalue weighted by Crippen LogP contribution is -2.26. The molecule has 9 heteroatoms. The van der Waals surface area contributed by atoms with Crippen molar-refractivity contribution in [3.8, 4) is 5.69 Å². The zero-order chi connectivity index (χ0) is 25.5. The lowest BCUT2D eigenvalue weighted by Gasteiger charge is -2.17. The molecule has 8 nitrogen and oxygen atoms in total. The van der Waals surface area contributed by atoms with E-state index >= 15 is 0 Å². The smallest absolute Gasteiger partial charge is 0.407 e. The van der Waals surface area contributed by atoms with E-state index < -0.39 is 6.09 Å². The molecule has 1 heterocycles. The highest BCUT2D eigenvalue weighted by Crippen LogP contribution is 2.25. The lowest BCUT2D eigenvalue weighted by molar-refractivity contribution is 0.103. The number of halogens is 1. The van der Waals surface area contributed by atoms with Crippen LogP contribution in [0.5, 0.6) is 0 Å². The normalized spacial score (nSPS) is 10.9. The largest absolute Gasteiger partial charge is 0.445 e. The molecule has 0 unspecified atom stereocenters. The number of benzene rings is 3. The van der Waals surface area contributed by atoms with E-state index in [0.717, 1.165) is 5.56 Å². The number of aromatic nitrogens is 3. The van der Waals surface area contributed by atoms with E-state index in [4.69, 9.17) is 16.3 Å². The summed E-state index contributed by atoms with van der Waals surface area (Å²) in [6, 6.07) is 23.5. The van der Waals surface area contributed by atoms with Gasteiger partial charge in [0.15, 0.2) is 17.4 Å². The maximum absolute atomic E-state index is 13.4. The first-order valence-electron chi connectivity index (χ1n) is 11.3. The Bertz CT molecular complexity index is 1340. The summed E-state index contributed by atoms with van der Waals surface area (Å²) in [5, 5.41) is 11.8. The molecule has 0 saturated carbocycles. The molecule has 0 saturated heterocycles. The summed E-state index contributed by atoms with van der Waals surface area (Å²) < 4.78 is 7.10. The second kappa shape index (κ2) is 11.6. The van der Waals surface area contributed by atoms with Crippen LogP contribution in [0.3, 0.4) is 0 Å². The fraction of sp³-hybridized carbons (Fsp3) is 0.185. The van der Waals surface area contributed by atoms with E-state index in [9.17, 15) is 9.59 Å². The number of alkyl carbamates (subject to hydrolysis) is 1. The van der Waals surface area contributed by atoms with Crippen LogP contribution in [0, 0.1) is 0 Å². The number of hydrogen-bond donors (Lipinski definition) is 1. The minimum Gasteiger partial charge on any atom is -0.445 e. The molecule has 36 heavy (non-hydrogen) atoms. The van der Waals surface area contributed by atoms with Gasteiger partial charge in [-0.15, -0.1) is 10.2 Å². The fourth-order valence-electron chi connectivity index (χ4n) is 3.69. The Morgan fingerprint density at radius 1 is 0.944 bits per heavy atom. The number of nitrogens with zero attached hydrogens (tertiary/aromatic N) is 4. The second-order valence-electron chi connectivity index (χ2n) is 8.38. The third-order valence-electron chi connectivity index (χ3n) is 5.34. The van der Waals surface area contributed by atoms with Crippen LogP contribution in [0.1, 0.15) is 33.1 Å². The molecule has 0 aliphatic heterocycles. The van der Waals surface area contributed by atoms with Crippen LogP contribution in [0.15, 0.2) is 78.9 Å². The molecule has 4 aromatic rings. The van der Waals surface area contributed by atoms with Crippen molar-refractivity contribution in [1.82, 2.24) is 25.0 Å². The van der Waals surface area contributed by atoms with E-state index in [-0.39, 0.29) is 18.9 Å². The van der Waals surface area contributed by atoms with Crippen molar-refractivity contribution in [3.05, 3.63) is 112 Å². The van der Waals surface area contributed by atoms with Gasteiger partial charge in [-0.3, -0.25) is 9.36 Å². The first kappa shape index (κ1) is 25.1. The molecule has 0 atom stereocenters. The summed E-state index contributed by atoms with van der Waals surface area (Å²) >= 11 is 6.29. The van der Waals surface area contributed by atoms with E-state index in [1.54, 1.807) is 34.9 Å². The van der Waals surface area contributed by atoms with E-state index in [1.807, 2.05) is 67.5 Å². The van der Waals surface area contributed by atoms with E-state index in [0.29, 0.717) is 40.0 Å². The van der Waals surface area contributed by atoms with Crippen molar-refractivity contribution in [3.63, 3.8) is 0 Å². The standard InChI is InChI=1S/C27H26ClN5O3/c1-32(2)17-25-31-30-24(16-29-27(35)36-18-19-9-5-3-6-10-19)33(25)23-14-13-21(28)15-22(23)26(34)20-11-7-4-8-12-20/h3-15H,16-18H2,1-2H3,(H,29,35). The van der Waals surface area contributed by atoms with Crippen LogP contribution in [-0.2, 0) is 24.4 Å². The number of carbonyl (C=O) groups is 2. The Hall–Kier alpha value is -4.01. The quantitative estimate of drug-likeness (QED) is 0.335. The summed E-state index contributed by atoms with van der Waals surface area (Å²) in [4.78, 5) is 27.7. The number of ether oxygens (including phenoxy) is 1. The highest BCUT2D eigenvalue weighted by molar-refractivity contribution is 6.31. The second-order valence-corrected chi connectivity index (χ2v) is 8.81. The molecule has 0 bridgehead atoms. The average Bonchev–Trinajstić information content (AvgIpc) is 3.28. The molecule has 0 fully saturated rings. The predicted octanol–water partition coefficient (Wildman–Crippen LogP) is 4.64. The number of rotatable bonds is 9. The van der Waals surface area contributed by atoms with Crippen molar-refractivity contribution < 1.29 is 14.3 Å². The van der Waals surface area contributed by atoms with Crippen molar-refractivity contribution in [2.45, 2.75) is 19.7 Å². The highest BCUT2D eigenvalue weighted by Gasteiger charge is 2.22. The molecule has 184 valence electrons. The molecule has 4 rings (SSSR count). The zero-order valence-electron chi connectivity index (χ0n) is 20.0. The van der Waals surface area contributed by atoms with Crippen LogP contribution in [0.2, 0.25) is 5.02 Å². The summed E-state index contributed by atoms with van der Waals surface area (Å²) in [6.45, 7) is 0.668. The van der Waals surface area contributed by atoms with Gasteiger partial charge < -0.3 is 15.0 Å². The third kappa shape index (κ3) is 6.16. The number of ketones is 1.